The summed E-state index contributed by atoms with van der Waals surface area (Å²) in [6, 6.07) is 9.58. The number of rotatable bonds is 5. The van der Waals surface area contributed by atoms with Gasteiger partial charge in [-0.2, -0.15) is 0 Å². The predicted octanol–water partition coefficient (Wildman–Crippen LogP) is 1.86. The van der Waals surface area contributed by atoms with Crippen molar-refractivity contribution in [2.24, 2.45) is 0 Å². The van der Waals surface area contributed by atoms with Crippen molar-refractivity contribution in [3.8, 4) is 0 Å². The molecule has 1 atom stereocenters. The lowest BCUT2D eigenvalue weighted by Crippen LogP contribution is -2.21. The smallest absolute Gasteiger partial charge is 0.139 e. The van der Waals surface area contributed by atoms with Crippen LogP contribution in [-0.4, -0.2) is 26.0 Å². The molecule has 0 fully saturated rings. The van der Waals surface area contributed by atoms with Crippen molar-refractivity contribution in [3.05, 3.63) is 65.9 Å². The average molecular weight is 282 g/mol. The zero-order valence-corrected chi connectivity index (χ0v) is 11.9. The van der Waals surface area contributed by atoms with Crippen LogP contribution in [0.5, 0.6) is 0 Å². The number of imidazole rings is 1. The number of hydrogen-bond acceptors (Lipinski definition) is 4. The lowest BCUT2D eigenvalue weighted by Gasteiger charge is -2.10. The van der Waals surface area contributed by atoms with Crippen LogP contribution in [-0.2, 0) is 6.54 Å². The molecule has 0 spiro atoms. The van der Waals surface area contributed by atoms with Crippen LogP contribution in [0.15, 0.2) is 48.9 Å². The quantitative estimate of drug-likeness (QED) is 0.750. The van der Waals surface area contributed by atoms with E-state index in [2.05, 4.69) is 15.3 Å². The third-order valence-corrected chi connectivity index (χ3v) is 3.40. The molecule has 0 aliphatic rings. The number of aromatic nitrogens is 3. The fourth-order valence-electron chi connectivity index (χ4n) is 2.30. The standard InChI is InChI=1S/C16H18N4O/c1-12-5-4-8-20-11-13(19-16(12)20)9-17-10-15(21)14-6-2-3-7-18-14/h2-8,11,15,17,21H,9-10H2,1H3. The van der Waals surface area contributed by atoms with Crippen molar-refractivity contribution in [2.45, 2.75) is 19.6 Å². The summed E-state index contributed by atoms with van der Waals surface area (Å²) < 4.78 is 2.02. The van der Waals surface area contributed by atoms with Gasteiger partial charge in [0.25, 0.3) is 0 Å². The van der Waals surface area contributed by atoms with E-state index in [0.29, 0.717) is 18.8 Å². The summed E-state index contributed by atoms with van der Waals surface area (Å²) >= 11 is 0. The number of aliphatic hydroxyl groups excluding tert-OH is 1. The molecular weight excluding hydrogens is 264 g/mol. The largest absolute Gasteiger partial charge is 0.385 e. The van der Waals surface area contributed by atoms with Gasteiger partial charge in [-0.15, -0.1) is 0 Å². The molecule has 0 bridgehead atoms. The Labute approximate surface area is 123 Å². The van der Waals surface area contributed by atoms with Gasteiger partial charge in [0.15, 0.2) is 0 Å². The highest BCUT2D eigenvalue weighted by atomic mass is 16.3. The molecule has 3 heterocycles. The first-order valence-corrected chi connectivity index (χ1v) is 6.97. The fraction of sp³-hybridized carbons (Fsp3) is 0.250. The van der Waals surface area contributed by atoms with Gasteiger partial charge in [0.2, 0.25) is 0 Å². The third kappa shape index (κ3) is 3.09. The molecule has 0 saturated carbocycles. The number of fused-ring (bicyclic) bond motifs is 1. The van der Waals surface area contributed by atoms with Crippen molar-refractivity contribution in [1.82, 2.24) is 19.7 Å². The maximum absolute atomic E-state index is 10.0. The molecule has 21 heavy (non-hydrogen) atoms. The Morgan fingerprint density at radius 2 is 2.19 bits per heavy atom. The molecule has 5 heteroatoms. The predicted molar refractivity (Wildman–Crippen MR) is 80.8 cm³/mol. The van der Waals surface area contributed by atoms with Gasteiger partial charge < -0.3 is 14.8 Å². The summed E-state index contributed by atoms with van der Waals surface area (Å²) in [5, 5.41) is 13.2. The molecule has 3 aromatic heterocycles. The number of nitrogens with one attached hydrogen (secondary N) is 1. The van der Waals surface area contributed by atoms with Crippen LogP contribution >= 0.6 is 0 Å². The second-order valence-corrected chi connectivity index (χ2v) is 5.06. The number of aliphatic hydroxyl groups is 1. The highest BCUT2D eigenvalue weighted by Gasteiger charge is 2.08. The molecular formula is C16H18N4O. The van der Waals surface area contributed by atoms with Gasteiger partial charge in [-0.3, -0.25) is 4.98 Å². The van der Waals surface area contributed by atoms with E-state index in [0.717, 1.165) is 16.9 Å². The van der Waals surface area contributed by atoms with E-state index >= 15 is 0 Å². The van der Waals surface area contributed by atoms with Gasteiger partial charge in [-0.05, 0) is 30.7 Å². The lowest BCUT2D eigenvalue weighted by atomic mass is 10.2. The average Bonchev–Trinajstić information content (AvgIpc) is 2.92. The Kier molecular flexibility index (Phi) is 3.94. The van der Waals surface area contributed by atoms with Crippen molar-refractivity contribution < 1.29 is 5.11 Å². The highest BCUT2D eigenvalue weighted by Crippen LogP contribution is 2.11. The molecule has 5 nitrogen and oxygen atoms in total. The first-order valence-electron chi connectivity index (χ1n) is 6.97. The van der Waals surface area contributed by atoms with E-state index in [4.69, 9.17) is 0 Å². The monoisotopic (exact) mass is 282 g/mol. The van der Waals surface area contributed by atoms with Gasteiger partial charge in [0.1, 0.15) is 11.8 Å². The lowest BCUT2D eigenvalue weighted by molar-refractivity contribution is 0.169. The Bertz CT molecular complexity index is 723. The zero-order chi connectivity index (χ0) is 14.7. The van der Waals surface area contributed by atoms with E-state index < -0.39 is 6.10 Å². The Morgan fingerprint density at radius 1 is 1.29 bits per heavy atom. The Hall–Kier alpha value is -2.24. The van der Waals surface area contributed by atoms with Crippen LogP contribution in [0.4, 0.5) is 0 Å². The van der Waals surface area contributed by atoms with Crippen molar-refractivity contribution in [2.75, 3.05) is 6.54 Å². The molecule has 0 radical (unpaired) electrons. The second kappa shape index (κ2) is 6.03. The van der Waals surface area contributed by atoms with Gasteiger partial charge in [-0.25, -0.2) is 4.98 Å². The van der Waals surface area contributed by atoms with Crippen LogP contribution in [0.2, 0.25) is 0 Å². The molecule has 0 amide bonds. The normalized spacial score (nSPS) is 12.7. The summed E-state index contributed by atoms with van der Waals surface area (Å²) in [4.78, 5) is 8.73. The molecule has 108 valence electrons. The molecule has 2 N–H and O–H groups in total. The van der Waals surface area contributed by atoms with E-state index in [1.807, 2.05) is 54.0 Å². The summed E-state index contributed by atoms with van der Waals surface area (Å²) in [7, 11) is 0. The van der Waals surface area contributed by atoms with Crippen LogP contribution in [0.3, 0.4) is 0 Å². The van der Waals surface area contributed by atoms with Crippen molar-refractivity contribution >= 4 is 5.65 Å². The van der Waals surface area contributed by atoms with E-state index in [9.17, 15) is 5.11 Å². The van der Waals surface area contributed by atoms with Crippen molar-refractivity contribution in [3.63, 3.8) is 0 Å². The summed E-state index contributed by atoms with van der Waals surface area (Å²) in [5.74, 6) is 0. The van der Waals surface area contributed by atoms with Crippen LogP contribution in [0.25, 0.3) is 5.65 Å². The number of pyridine rings is 2. The van der Waals surface area contributed by atoms with Gasteiger partial charge in [0, 0.05) is 31.7 Å². The van der Waals surface area contributed by atoms with Crippen LogP contribution in [0, 0.1) is 6.92 Å². The topological polar surface area (TPSA) is 62.5 Å². The summed E-state index contributed by atoms with van der Waals surface area (Å²) in [5.41, 5.74) is 3.75. The fourth-order valence-corrected chi connectivity index (χ4v) is 2.30. The number of nitrogens with zero attached hydrogens (tertiary/aromatic N) is 3. The summed E-state index contributed by atoms with van der Waals surface area (Å²) in [6.07, 6.45) is 5.07. The third-order valence-electron chi connectivity index (χ3n) is 3.40. The van der Waals surface area contributed by atoms with Gasteiger partial charge >= 0.3 is 0 Å². The zero-order valence-electron chi connectivity index (χ0n) is 11.9. The number of hydrogen-bond donors (Lipinski definition) is 2. The van der Waals surface area contributed by atoms with E-state index in [1.54, 1.807) is 6.20 Å². The molecule has 0 aliphatic carbocycles. The highest BCUT2D eigenvalue weighted by molar-refractivity contribution is 5.47. The molecule has 0 aromatic carbocycles. The van der Waals surface area contributed by atoms with Crippen LogP contribution < -0.4 is 5.32 Å². The van der Waals surface area contributed by atoms with Crippen LogP contribution in [0.1, 0.15) is 23.1 Å². The number of aryl methyl sites for hydroxylation is 1. The molecule has 0 saturated heterocycles. The van der Waals surface area contributed by atoms with Gasteiger partial charge in [-0.1, -0.05) is 12.1 Å². The Balaban J connectivity index is 1.61. The van der Waals surface area contributed by atoms with E-state index in [-0.39, 0.29) is 0 Å². The Morgan fingerprint density at radius 3 is 2.95 bits per heavy atom. The van der Waals surface area contributed by atoms with Gasteiger partial charge in [0.05, 0.1) is 11.4 Å². The minimum Gasteiger partial charge on any atom is -0.385 e. The first-order chi connectivity index (χ1) is 10.2. The minimum atomic E-state index is -0.607. The minimum absolute atomic E-state index is 0.448. The second-order valence-electron chi connectivity index (χ2n) is 5.06. The molecule has 3 aromatic rings. The van der Waals surface area contributed by atoms with E-state index in [1.165, 1.54) is 0 Å². The molecule has 1 unspecified atom stereocenters. The molecule has 3 rings (SSSR count). The first kappa shape index (κ1) is 13.7. The van der Waals surface area contributed by atoms with Crippen molar-refractivity contribution in [1.29, 1.82) is 0 Å². The maximum Gasteiger partial charge on any atom is 0.139 e. The SMILES string of the molecule is Cc1cccn2cc(CNCC(O)c3ccccn3)nc12. The maximum atomic E-state index is 10.0. The molecule has 0 aliphatic heterocycles. The summed E-state index contributed by atoms with van der Waals surface area (Å²) in [6.45, 7) is 3.11.